The Balaban J connectivity index is 1.96. The van der Waals surface area contributed by atoms with E-state index in [4.69, 9.17) is 0 Å². The van der Waals surface area contributed by atoms with Crippen LogP contribution in [0.3, 0.4) is 0 Å². The molecule has 0 fully saturated rings. The van der Waals surface area contributed by atoms with Crippen LogP contribution in [-0.4, -0.2) is 5.78 Å². The molecular weight excluding hydrogens is 244 g/mol. The lowest BCUT2D eigenvalue weighted by atomic mass is 9.91. The molecule has 0 radical (unpaired) electrons. The van der Waals surface area contributed by atoms with Crippen molar-refractivity contribution in [1.29, 1.82) is 0 Å². The van der Waals surface area contributed by atoms with Gasteiger partial charge in [0.1, 0.15) is 0 Å². The second kappa shape index (κ2) is 5.30. The molecule has 3 aromatic carbocycles. The van der Waals surface area contributed by atoms with Crippen LogP contribution in [0.2, 0.25) is 0 Å². The molecule has 1 atom stereocenters. The van der Waals surface area contributed by atoms with E-state index >= 15 is 0 Å². The standard InChI is InChI=1S/C19H16O/c1-14(15-7-3-2-4-8-15)19(20)18-12-11-16-9-5-6-10-17(16)13-18/h2-14H,1H3. The molecule has 3 rings (SSSR count). The first-order valence-electron chi connectivity index (χ1n) is 6.83. The highest BCUT2D eigenvalue weighted by atomic mass is 16.1. The van der Waals surface area contributed by atoms with E-state index in [9.17, 15) is 4.79 Å². The van der Waals surface area contributed by atoms with E-state index < -0.39 is 0 Å². The Hall–Kier alpha value is -2.41. The fraction of sp³-hybridized carbons (Fsp3) is 0.105. The van der Waals surface area contributed by atoms with Gasteiger partial charge in [-0.1, -0.05) is 73.7 Å². The average Bonchev–Trinajstić information content (AvgIpc) is 2.54. The number of fused-ring (bicyclic) bond motifs is 1. The minimum atomic E-state index is -0.114. The summed E-state index contributed by atoms with van der Waals surface area (Å²) in [7, 11) is 0. The van der Waals surface area contributed by atoms with Gasteiger partial charge < -0.3 is 0 Å². The van der Waals surface area contributed by atoms with Crippen LogP contribution in [0.15, 0.2) is 72.8 Å². The van der Waals surface area contributed by atoms with Gasteiger partial charge in [0, 0.05) is 11.5 Å². The van der Waals surface area contributed by atoms with Crippen molar-refractivity contribution in [2.24, 2.45) is 0 Å². The molecule has 0 N–H and O–H groups in total. The molecule has 0 bridgehead atoms. The molecule has 1 heteroatoms. The fourth-order valence-corrected chi connectivity index (χ4v) is 2.49. The van der Waals surface area contributed by atoms with Gasteiger partial charge in [-0.15, -0.1) is 0 Å². The third-order valence-corrected chi connectivity index (χ3v) is 3.73. The molecule has 0 aliphatic rings. The molecule has 0 saturated carbocycles. The maximum atomic E-state index is 12.6. The molecule has 20 heavy (non-hydrogen) atoms. The zero-order chi connectivity index (χ0) is 13.9. The summed E-state index contributed by atoms with van der Waals surface area (Å²) >= 11 is 0. The summed E-state index contributed by atoms with van der Waals surface area (Å²) in [6.45, 7) is 1.97. The van der Waals surface area contributed by atoms with Crippen LogP contribution in [0.4, 0.5) is 0 Å². The lowest BCUT2D eigenvalue weighted by molar-refractivity contribution is 0.0966. The van der Waals surface area contributed by atoms with Gasteiger partial charge in [0.15, 0.2) is 5.78 Å². The van der Waals surface area contributed by atoms with Crippen LogP contribution >= 0.6 is 0 Å². The van der Waals surface area contributed by atoms with Gasteiger partial charge in [-0.25, -0.2) is 0 Å². The van der Waals surface area contributed by atoms with Crippen LogP contribution in [0.5, 0.6) is 0 Å². The summed E-state index contributed by atoms with van der Waals surface area (Å²) in [4.78, 5) is 12.6. The van der Waals surface area contributed by atoms with Crippen molar-refractivity contribution in [2.75, 3.05) is 0 Å². The topological polar surface area (TPSA) is 17.1 Å². The van der Waals surface area contributed by atoms with Crippen molar-refractivity contribution >= 4 is 16.6 Å². The molecule has 98 valence electrons. The number of benzene rings is 3. The number of carbonyl (C=O) groups is 1. The Morgan fingerprint density at radius 2 is 1.45 bits per heavy atom. The third kappa shape index (κ3) is 2.35. The van der Waals surface area contributed by atoms with Gasteiger partial charge in [-0.3, -0.25) is 4.79 Å². The molecule has 0 aromatic heterocycles. The smallest absolute Gasteiger partial charge is 0.170 e. The zero-order valence-corrected chi connectivity index (χ0v) is 11.4. The molecule has 1 unspecified atom stereocenters. The minimum Gasteiger partial charge on any atom is -0.294 e. The lowest BCUT2D eigenvalue weighted by Crippen LogP contribution is -2.09. The Kier molecular flexibility index (Phi) is 3.34. The van der Waals surface area contributed by atoms with Crippen molar-refractivity contribution in [3.05, 3.63) is 83.9 Å². The second-order valence-electron chi connectivity index (χ2n) is 5.06. The van der Waals surface area contributed by atoms with Crippen molar-refractivity contribution in [2.45, 2.75) is 12.8 Å². The normalized spacial score (nSPS) is 12.2. The second-order valence-corrected chi connectivity index (χ2v) is 5.06. The average molecular weight is 260 g/mol. The predicted octanol–water partition coefficient (Wildman–Crippen LogP) is 4.83. The van der Waals surface area contributed by atoms with Crippen LogP contribution in [0, 0.1) is 0 Å². The summed E-state index contributed by atoms with van der Waals surface area (Å²) in [6, 6.07) is 23.9. The number of hydrogen-bond donors (Lipinski definition) is 0. The number of rotatable bonds is 3. The Labute approximate surface area is 118 Å². The van der Waals surface area contributed by atoms with E-state index in [-0.39, 0.29) is 11.7 Å². The van der Waals surface area contributed by atoms with Gasteiger partial charge in [0.25, 0.3) is 0 Å². The summed E-state index contributed by atoms with van der Waals surface area (Å²) in [5.41, 5.74) is 1.84. The van der Waals surface area contributed by atoms with E-state index in [0.717, 1.165) is 21.9 Å². The van der Waals surface area contributed by atoms with Crippen molar-refractivity contribution in [3.63, 3.8) is 0 Å². The van der Waals surface area contributed by atoms with E-state index in [1.54, 1.807) is 0 Å². The highest BCUT2D eigenvalue weighted by molar-refractivity contribution is 6.03. The minimum absolute atomic E-state index is 0.114. The highest BCUT2D eigenvalue weighted by Gasteiger charge is 2.16. The Morgan fingerprint density at radius 3 is 2.20 bits per heavy atom. The van der Waals surface area contributed by atoms with Gasteiger partial charge in [0.05, 0.1) is 0 Å². The van der Waals surface area contributed by atoms with Crippen molar-refractivity contribution < 1.29 is 4.79 Å². The van der Waals surface area contributed by atoms with E-state index in [0.29, 0.717) is 0 Å². The number of ketones is 1. The molecule has 1 nitrogen and oxygen atoms in total. The first-order valence-corrected chi connectivity index (χ1v) is 6.83. The summed E-state index contributed by atoms with van der Waals surface area (Å²) in [5, 5.41) is 2.27. The maximum absolute atomic E-state index is 12.6. The SMILES string of the molecule is CC(C(=O)c1ccc2ccccc2c1)c1ccccc1. The molecule has 0 saturated heterocycles. The molecule has 0 amide bonds. The van der Waals surface area contributed by atoms with Crippen molar-refractivity contribution in [1.82, 2.24) is 0 Å². The molecule has 0 aliphatic carbocycles. The van der Waals surface area contributed by atoms with Crippen molar-refractivity contribution in [3.8, 4) is 0 Å². The molecule has 0 spiro atoms. The Bertz CT molecular complexity index is 744. The van der Waals surface area contributed by atoms with E-state index in [2.05, 4.69) is 6.07 Å². The summed E-state index contributed by atoms with van der Waals surface area (Å²) in [6.07, 6.45) is 0. The largest absolute Gasteiger partial charge is 0.294 e. The van der Waals surface area contributed by atoms with E-state index in [1.807, 2.05) is 73.7 Å². The van der Waals surface area contributed by atoms with Crippen LogP contribution in [0.1, 0.15) is 28.8 Å². The first kappa shape index (κ1) is 12.6. The Morgan fingerprint density at radius 1 is 0.800 bits per heavy atom. The molecular formula is C19H16O. The molecule has 0 aliphatic heterocycles. The van der Waals surface area contributed by atoms with E-state index in [1.165, 1.54) is 0 Å². The van der Waals surface area contributed by atoms with Gasteiger partial charge in [0.2, 0.25) is 0 Å². The summed E-state index contributed by atoms with van der Waals surface area (Å²) < 4.78 is 0. The predicted molar refractivity (Wildman–Crippen MR) is 83.1 cm³/mol. The van der Waals surface area contributed by atoms with Crippen LogP contribution in [0.25, 0.3) is 10.8 Å². The molecule has 0 heterocycles. The maximum Gasteiger partial charge on any atom is 0.170 e. The van der Waals surface area contributed by atoms with Gasteiger partial charge in [-0.2, -0.15) is 0 Å². The van der Waals surface area contributed by atoms with Crippen LogP contribution < -0.4 is 0 Å². The first-order chi connectivity index (χ1) is 9.75. The lowest BCUT2D eigenvalue weighted by Gasteiger charge is -2.11. The zero-order valence-electron chi connectivity index (χ0n) is 11.4. The van der Waals surface area contributed by atoms with Gasteiger partial charge >= 0.3 is 0 Å². The monoisotopic (exact) mass is 260 g/mol. The quantitative estimate of drug-likeness (QED) is 0.617. The highest BCUT2D eigenvalue weighted by Crippen LogP contribution is 2.23. The molecule has 3 aromatic rings. The fourth-order valence-electron chi connectivity index (χ4n) is 2.49. The number of carbonyl (C=O) groups excluding carboxylic acids is 1. The third-order valence-electron chi connectivity index (χ3n) is 3.73. The number of Topliss-reactive ketones (excluding diaryl/α,β-unsaturated/α-hetero) is 1. The number of hydrogen-bond acceptors (Lipinski definition) is 1. The van der Waals surface area contributed by atoms with Crippen LogP contribution in [-0.2, 0) is 0 Å². The summed E-state index contributed by atoms with van der Waals surface area (Å²) in [5.74, 6) is 0.0549. The van der Waals surface area contributed by atoms with Gasteiger partial charge in [-0.05, 0) is 22.4 Å².